The molecule has 0 bridgehead atoms. The third-order valence-corrected chi connectivity index (χ3v) is 2.27. The zero-order valence-electron chi connectivity index (χ0n) is 6.47. The lowest BCUT2D eigenvalue weighted by Gasteiger charge is -1.92. The van der Waals surface area contributed by atoms with Crippen LogP contribution >= 0.6 is 11.3 Å². The summed E-state index contributed by atoms with van der Waals surface area (Å²) in [4.78, 5) is 0.849. The third kappa shape index (κ3) is 1.19. The molecular weight excluding hydrogens is 174 g/mol. The van der Waals surface area contributed by atoms with Crippen molar-refractivity contribution in [1.82, 2.24) is 19.8 Å². The van der Waals surface area contributed by atoms with Gasteiger partial charge in [-0.05, 0) is 13.0 Å². The van der Waals surface area contributed by atoms with Crippen LogP contribution in [-0.2, 0) is 6.42 Å². The minimum Gasteiger partial charge on any atom is -0.330 e. The van der Waals surface area contributed by atoms with Crippen LogP contribution < -0.4 is 5.73 Å². The molecule has 0 aromatic carbocycles. The molecule has 0 saturated heterocycles. The van der Waals surface area contributed by atoms with Crippen molar-refractivity contribution in [2.24, 2.45) is 5.73 Å². The number of rotatable bonds is 3. The number of nitrogens with two attached hydrogens (primary N) is 1. The Kier molecular flexibility index (Phi) is 2.01. The molecule has 0 spiro atoms. The van der Waals surface area contributed by atoms with Gasteiger partial charge in [0.15, 0.2) is 5.82 Å². The van der Waals surface area contributed by atoms with E-state index in [9.17, 15) is 0 Å². The maximum Gasteiger partial charge on any atom is 0.234 e. The van der Waals surface area contributed by atoms with Gasteiger partial charge in [-0.1, -0.05) is 11.3 Å². The van der Waals surface area contributed by atoms with Gasteiger partial charge in [0.1, 0.15) is 5.51 Å². The molecule has 0 unspecified atom stereocenters. The lowest BCUT2D eigenvalue weighted by Crippen LogP contribution is -2.03. The minimum absolute atomic E-state index is 0.680. The summed E-state index contributed by atoms with van der Waals surface area (Å²) in [7, 11) is 0. The summed E-state index contributed by atoms with van der Waals surface area (Å²) in [5.41, 5.74) is 7.15. The van der Waals surface area contributed by atoms with E-state index in [-0.39, 0.29) is 0 Å². The predicted octanol–water partition coefficient (Wildman–Crippen LogP) is 0.0771. The topological polar surface area (TPSA) is 69.1 Å². The average molecular weight is 183 g/mol. The third-order valence-electron chi connectivity index (χ3n) is 1.60. The van der Waals surface area contributed by atoms with E-state index >= 15 is 0 Å². The van der Waals surface area contributed by atoms with Gasteiger partial charge in [0.05, 0.1) is 0 Å². The highest BCUT2D eigenvalue weighted by molar-refractivity contribution is 7.14. The molecule has 0 saturated carbocycles. The van der Waals surface area contributed by atoms with Gasteiger partial charge in [-0.15, -0.1) is 10.2 Å². The summed E-state index contributed by atoms with van der Waals surface area (Å²) in [5, 5.41) is 12.1. The van der Waals surface area contributed by atoms with E-state index in [4.69, 9.17) is 5.73 Å². The SMILES string of the molecule is NCCCc1nnc2scnn12. The fourth-order valence-corrected chi connectivity index (χ4v) is 1.60. The Morgan fingerprint density at radius 1 is 1.50 bits per heavy atom. The van der Waals surface area contributed by atoms with Crippen molar-refractivity contribution in [1.29, 1.82) is 0 Å². The molecule has 0 aliphatic carbocycles. The first-order valence-corrected chi connectivity index (χ1v) is 4.63. The van der Waals surface area contributed by atoms with E-state index in [1.165, 1.54) is 11.3 Å². The van der Waals surface area contributed by atoms with Gasteiger partial charge in [-0.2, -0.15) is 9.61 Å². The number of fused-ring (bicyclic) bond motifs is 1. The average Bonchev–Trinajstić information content (AvgIpc) is 2.62. The van der Waals surface area contributed by atoms with Gasteiger partial charge in [0.25, 0.3) is 0 Å². The van der Waals surface area contributed by atoms with E-state index < -0.39 is 0 Å². The van der Waals surface area contributed by atoms with Crippen LogP contribution in [0.1, 0.15) is 12.2 Å². The molecule has 2 rings (SSSR count). The van der Waals surface area contributed by atoms with Crippen molar-refractivity contribution in [3.8, 4) is 0 Å². The first-order chi connectivity index (χ1) is 5.92. The smallest absolute Gasteiger partial charge is 0.234 e. The highest BCUT2D eigenvalue weighted by Gasteiger charge is 2.05. The summed E-state index contributed by atoms with van der Waals surface area (Å²) in [5.74, 6) is 0.900. The van der Waals surface area contributed by atoms with Gasteiger partial charge in [-0.25, -0.2) is 0 Å². The number of aromatic nitrogens is 4. The fraction of sp³-hybridized carbons (Fsp3) is 0.500. The first-order valence-electron chi connectivity index (χ1n) is 3.75. The molecule has 0 fully saturated rings. The van der Waals surface area contributed by atoms with Crippen molar-refractivity contribution >= 4 is 16.3 Å². The van der Waals surface area contributed by atoms with Gasteiger partial charge >= 0.3 is 0 Å². The number of nitrogens with zero attached hydrogens (tertiary/aromatic N) is 4. The number of hydrogen-bond donors (Lipinski definition) is 1. The molecule has 6 heteroatoms. The van der Waals surface area contributed by atoms with Crippen LogP contribution in [0, 0.1) is 0 Å². The molecule has 0 aliphatic rings. The van der Waals surface area contributed by atoms with Crippen molar-refractivity contribution < 1.29 is 0 Å². The Bertz CT molecular complexity index is 365. The van der Waals surface area contributed by atoms with Crippen molar-refractivity contribution in [2.75, 3.05) is 6.54 Å². The summed E-state index contributed by atoms with van der Waals surface area (Å²) >= 11 is 1.49. The van der Waals surface area contributed by atoms with Crippen molar-refractivity contribution in [2.45, 2.75) is 12.8 Å². The van der Waals surface area contributed by atoms with E-state index in [0.29, 0.717) is 6.54 Å². The molecule has 0 radical (unpaired) electrons. The van der Waals surface area contributed by atoms with Crippen LogP contribution in [-0.4, -0.2) is 26.4 Å². The second-order valence-corrected chi connectivity index (χ2v) is 3.25. The Labute approximate surface area is 73.2 Å². The summed E-state index contributed by atoms with van der Waals surface area (Å²) < 4.78 is 1.76. The second-order valence-electron chi connectivity index (χ2n) is 2.44. The van der Waals surface area contributed by atoms with Gasteiger partial charge in [0, 0.05) is 6.42 Å². The highest BCUT2D eigenvalue weighted by atomic mass is 32.1. The monoisotopic (exact) mass is 183 g/mol. The minimum atomic E-state index is 0.680. The van der Waals surface area contributed by atoms with Crippen LogP contribution in [0.3, 0.4) is 0 Å². The largest absolute Gasteiger partial charge is 0.330 e. The Balaban J connectivity index is 2.28. The standard InChI is InChI=1S/C6H9N5S/c7-3-1-2-5-9-10-6-11(5)8-4-12-6/h4H,1-3,7H2. The normalized spacial score (nSPS) is 11.1. The van der Waals surface area contributed by atoms with Crippen LogP contribution in [0.15, 0.2) is 5.51 Å². The molecule has 0 aliphatic heterocycles. The van der Waals surface area contributed by atoms with Crippen LogP contribution in [0.4, 0.5) is 0 Å². The van der Waals surface area contributed by atoms with Crippen LogP contribution in [0.2, 0.25) is 0 Å². The van der Waals surface area contributed by atoms with E-state index in [1.807, 2.05) is 0 Å². The fourth-order valence-electron chi connectivity index (χ4n) is 1.02. The molecule has 2 aromatic rings. The molecule has 2 heterocycles. The lowest BCUT2D eigenvalue weighted by atomic mass is 10.3. The van der Waals surface area contributed by atoms with Crippen LogP contribution in [0.25, 0.3) is 4.96 Å². The van der Waals surface area contributed by atoms with Gasteiger partial charge < -0.3 is 5.73 Å². The summed E-state index contributed by atoms with van der Waals surface area (Å²) in [6.45, 7) is 0.680. The molecular formula is C6H9N5S. The predicted molar refractivity (Wildman–Crippen MR) is 46.0 cm³/mol. The van der Waals surface area contributed by atoms with E-state index in [1.54, 1.807) is 10.0 Å². The maximum absolute atomic E-state index is 5.39. The first kappa shape index (κ1) is 7.63. The molecule has 0 amide bonds. The van der Waals surface area contributed by atoms with Crippen molar-refractivity contribution in [3.63, 3.8) is 0 Å². The quantitative estimate of drug-likeness (QED) is 0.731. The molecule has 12 heavy (non-hydrogen) atoms. The zero-order valence-corrected chi connectivity index (χ0v) is 7.29. The van der Waals surface area contributed by atoms with Crippen LogP contribution in [0.5, 0.6) is 0 Å². The van der Waals surface area contributed by atoms with Gasteiger partial charge in [-0.3, -0.25) is 0 Å². The molecule has 64 valence electrons. The van der Waals surface area contributed by atoms with E-state index in [2.05, 4.69) is 15.3 Å². The molecule has 5 nitrogen and oxygen atoms in total. The van der Waals surface area contributed by atoms with Crippen molar-refractivity contribution in [3.05, 3.63) is 11.3 Å². The maximum atomic E-state index is 5.39. The number of aryl methyl sites for hydroxylation is 1. The zero-order chi connectivity index (χ0) is 8.39. The molecule has 2 N–H and O–H groups in total. The second kappa shape index (κ2) is 3.16. The summed E-state index contributed by atoms with van der Waals surface area (Å²) in [6, 6.07) is 0. The van der Waals surface area contributed by atoms with Gasteiger partial charge in [0.2, 0.25) is 4.96 Å². The molecule has 0 atom stereocenters. The summed E-state index contributed by atoms with van der Waals surface area (Å²) in [6.07, 6.45) is 1.78. The molecule has 2 aromatic heterocycles. The van der Waals surface area contributed by atoms with E-state index in [0.717, 1.165) is 23.6 Å². The number of hydrogen-bond acceptors (Lipinski definition) is 5. The Morgan fingerprint density at radius 2 is 2.42 bits per heavy atom. The Hall–Kier alpha value is -1.01. The lowest BCUT2D eigenvalue weighted by molar-refractivity contribution is 0.743. The highest BCUT2D eigenvalue weighted by Crippen LogP contribution is 2.07. The Morgan fingerprint density at radius 3 is 3.25 bits per heavy atom.